The molecule has 0 bridgehead atoms. The van der Waals surface area contributed by atoms with Crippen LogP contribution >= 0.6 is 11.6 Å². The SMILES string of the molecule is FC(F)(F)c1cc(Cl)nc2ccc(OCc3ccccc3)cc12. The number of rotatable bonds is 3. The summed E-state index contributed by atoms with van der Waals surface area (Å²) in [6, 6.07) is 14.6. The zero-order chi connectivity index (χ0) is 16.4. The minimum atomic E-state index is -4.51. The van der Waals surface area contributed by atoms with E-state index >= 15 is 0 Å². The van der Waals surface area contributed by atoms with Crippen molar-refractivity contribution in [2.45, 2.75) is 12.8 Å². The van der Waals surface area contributed by atoms with Crippen LogP contribution < -0.4 is 4.74 Å². The summed E-state index contributed by atoms with van der Waals surface area (Å²) < 4.78 is 45.0. The van der Waals surface area contributed by atoms with Gasteiger partial charge < -0.3 is 4.74 Å². The van der Waals surface area contributed by atoms with E-state index in [-0.39, 0.29) is 22.7 Å². The standard InChI is InChI=1S/C17H11ClF3NO/c18-16-9-14(17(19,20)21)13-8-12(6-7-15(13)22-16)23-10-11-4-2-1-3-5-11/h1-9H,10H2. The summed E-state index contributed by atoms with van der Waals surface area (Å²) in [5.74, 6) is 0.343. The van der Waals surface area contributed by atoms with E-state index in [1.807, 2.05) is 30.3 Å². The lowest BCUT2D eigenvalue weighted by Crippen LogP contribution is -2.07. The fraction of sp³-hybridized carbons (Fsp3) is 0.118. The number of alkyl halides is 3. The first-order chi connectivity index (χ1) is 10.9. The summed E-state index contributed by atoms with van der Waals surface area (Å²) in [7, 11) is 0. The number of halogens is 4. The quantitative estimate of drug-likeness (QED) is 0.590. The van der Waals surface area contributed by atoms with Crippen LogP contribution in [0.2, 0.25) is 5.15 Å². The molecular formula is C17H11ClF3NO. The van der Waals surface area contributed by atoms with Gasteiger partial charge in [0, 0.05) is 5.39 Å². The maximum Gasteiger partial charge on any atom is 0.417 e. The van der Waals surface area contributed by atoms with Gasteiger partial charge in [-0.1, -0.05) is 41.9 Å². The molecule has 1 heterocycles. The van der Waals surface area contributed by atoms with Gasteiger partial charge in [0.25, 0.3) is 0 Å². The van der Waals surface area contributed by atoms with Gasteiger partial charge >= 0.3 is 6.18 Å². The van der Waals surface area contributed by atoms with Crippen LogP contribution in [0.25, 0.3) is 10.9 Å². The van der Waals surface area contributed by atoms with Crippen molar-refractivity contribution >= 4 is 22.5 Å². The van der Waals surface area contributed by atoms with Crippen LogP contribution in [-0.4, -0.2) is 4.98 Å². The molecule has 118 valence electrons. The molecule has 3 rings (SSSR count). The van der Waals surface area contributed by atoms with Crippen LogP contribution in [0.4, 0.5) is 13.2 Å². The van der Waals surface area contributed by atoms with Crippen molar-refractivity contribution in [3.8, 4) is 5.75 Å². The van der Waals surface area contributed by atoms with E-state index in [4.69, 9.17) is 16.3 Å². The number of fused-ring (bicyclic) bond motifs is 1. The first-order valence-corrected chi connectivity index (χ1v) is 7.15. The first-order valence-electron chi connectivity index (χ1n) is 6.78. The zero-order valence-corrected chi connectivity index (χ0v) is 12.5. The second-order valence-electron chi connectivity index (χ2n) is 4.94. The van der Waals surface area contributed by atoms with Gasteiger partial charge in [-0.2, -0.15) is 13.2 Å². The summed E-state index contributed by atoms with van der Waals surface area (Å²) in [4.78, 5) is 3.92. The minimum Gasteiger partial charge on any atom is -0.489 e. The monoisotopic (exact) mass is 337 g/mol. The Labute approximate surface area is 135 Å². The number of hydrogen-bond donors (Lipinski definition) is 0. The van der Waals surface area contributed by atoms with E-state index in [0.717, 1.165) is 11.6 Å². The smallest absolute Gasteiger partial charge is 0.417 e. The third-order valence-electron chi connectivity index (χ3n) is 3.30. The molecule has 0 aliphatic carbocycles. The van der Waals surface area contributed by atoms with E-state index in [1.54, 1.807) is 6.07 Å². The molecule has 0 radical (unpaired) electrons. The molecule has 23 heavy (non-hydrogen) atoms. The second kappa shape index (κ2) is 6.08. The average Bonchev–Trinajstić information content (AvgIpc) is 2.52. The van der Waals surface area contributed by atoms with Gasteiger partial charge in [-0.15, -0.1) is 0 Å². The van der Waals surface area contributed by atoms with E-state index < -0.39 is 11.7 Å². The molecule has 0 spiro atoms. The number of pyridine rings is 1. The molecule has 0 saturated carbocycles. The summed E-state index contributed by atoms with van der Waals surface area (Å²) in [6.45, 7) is 0.273. The highest BCUT2D eigenvalue weighted by Crippen LogP contribution is 2.37. The number of aromatic nitrogens is 1. The van der Waals surface area contributed by atoms with Crippen LogP contribution in [0.1, 0.15) is 11.1 Å². The fourth-order valence-electron chi connectivity index (χ4n) is 2.24. The first kappa shape index (κ1) is 15.6. The van der Waals surface area contributed by atoms with Crippen molar-refractivity contribution in [1.29, 1.82) is 0 Å². The molecule has 0 N–H and O–H groups in total. The van der Waals surface area contributed by atoms with Crippen LogP contribution in [-0.2, 0) is 12.8 Å². The van der Waals surface area contributed by atoms with Crippen molar-refractivity contribution in [2.24, 2.45) is 0 Å². The van der Waals surface area contributed by atoms with Gasteiger partial charge in [0.05, 0.1) is 11.1 Å². The Morgan fingerprint density at radius 3 is 2.43 bits per heavy atom. The third kappa shape index (κ3) is 3.56. The Kier molecular flexibility index (Phi) is 4.13. The Hall–Kier alpha value is -2.27. The molecule has 0 fully saturated rings. The highest BCUT2D eigenvalue weighted by atomic mass is 35.5. The molecule has 0 saturated heterocycles. The fourth-order valence-corrected chi connectivity index (χ4v) is 2.44. The Balaban J connectivity index is 1.96. The molecule has 0 amide bonds. The predicted molar refractivity (Wildman–Crippen MR) is 82.5 cm³/mol. The predicted octanol–water partition coefficient (Wildman–Crippen LogP) is 5.49. The number of nitrogens with zero attached hydrogens (tertiary/aromatic N) is 1. The van der Waals surface area contributed by atoms with Gasteiger partial charge in [-0.05, 0) is 29.8 Å². The maximum atomic E-state index is 13.2. The summed E-state index contributed by atoms with van der Waals surface area (Å²) in [5.41, 5.74) is 0.285. The van der Waals surface area contributed by atoms with Crippen molar-refractivity contribution in [3.05, 3.63) is 70.9 Å². The number of hydrogen-bond acceptors (Lipinski definition) is 2. The van der Waals surface area contributed by atoms with E-state index in [9.17, 15) is 13.2 Å². The van der Waals surface area contributed by atoms with Gasteiger partial charge in [-0.3, -0.25) is 0 Å². The molecular weight excluding hydrogens is 327 g/mol. The van der Waals surface area contributed by atoms with Gasteiger partial charge in [0.2, 0.25) is 0 Å². The third-order valence-corrected chi connectivity index (χ3v) is 3.50. The molecule has 2 nitrogen and oxygen atoms in total. The topological polar surface area (TPSA) is 22.1 Å². The van der Waals surface area contributed by atoms with Crippen LogP contribution in [0.5, 0.6) is 5.75 Å². The van der Waals surface area contributed by atoms with E-state index in [2.05, 4.69) is 4.98 Å². The zero-order valence-electron chi connectivity index (χ0n) is 11.8. The molecule has 0 unspecified atom stereocenters. The Morgan fingerprint density at radius 1 is 1.00 bits per heavy atom. The number of benzene rings is 2. The lowest BCUT2D eigenvalue weighted by molar-refractivity contribution is -0.136. The summed E-state index contributed by atoms with van der Waals surface area (Å²) in [5, 5.41) is -0.227. The normalized spacial score (nSPS) is 11.7. The van der Waals surface area contributed by atoms with Crippen molar-refractivity contribution in [2.75, 3.05) is 0 Å². The van der Waals surface area contributed by atoms with Gasteiger partial charge in [0.15, 0.2) is 0 Å². The lowest BCUT2D eigenvalue weighted by Gasteiger charge is -2.12. The maximum absolute atomic E-state index is 13.2. The van der Waals surface area contributed by atoms with E-state index in [1.165, 1.54) is 12.1 Å². The highest BCUT2D eigenvalue weighted by Gasteiger charge is 2.33. The summed E-state index contributed by atoms with van der Waals surface area (Å²) >= 11 is 5.67. The highest BCUT2D eigenvalue weighted by molar-refractivity contribution is 6.30. The van der Waals surface area contributed by atoms with Crippen molar-refractivity contribution in [3.63, 3.8) is 0 Å². The molecule has 1 aromatic heterocycles. The Bertz CT molecular complexity index is 834. The molecule has 6 heteroatoms. The molecule has 0 aliphatic rings. The van der Waals surface area contributed by atoms with Gasteiger partial charge in [0.1, 0.15) is 17.5 Å². The van der Waals surface area contributed by atoms with Crippen LogP contribution in [0, 0.1) is 0 Å². The second-order valence-corrected chi connectivity index (χ2v) is 5.33. The lowest BCUT2D eigenvalue weighted by atomic mass is 10.1. The van der Waals surface area contributed by atoms with Crippen molar-refractivity contribution < 1.29 is 17.9 Å². The molecule has 2 aromatic carbocycles. The minimum absolute atomic E-state index is 0.0348. The number of ether oxygens (including phenoxy) is 1. The van der Waals surface area contributed by atoms with E-state index in [0.29, 0.717) is 5.75 Å². The average molecular weight is 338 g/mol. The molecule has 3 aromatic rings. The van der Waals surface area contributed by atoms with Crippen LogP contribution in [0.15, 0.2) is 54.6 Å². The molecule has 0 atom stereocenters. The van der Waals surface area contributed by atoms with Gasteiger partial charge in [-0.25, -0.2) is 4.98 Å². The van der Waals surface area contributed by atoms with Crippen molar-refractivity contribution in [1.82, 2.24) is 4.98 Å². The van der Waals surface area contributed by atoms with Crippen LogP contribution in [0.3, 0.4) is 0 Å². The Morgan fingerprint density at radius 2 is 1.74 bits per heavy atom. The summed E-state index contributed by atoms with van der Waals surface area (Å²) in [6.07, 6.45) is -4.51. The molecule has 0 aliphatic heterocycles. The largest absolute Gasteiger partial charge is 0.489 e.